The van der Waals surface area contributed by atoms with Crippen molar-refractivity contribution in [2.45, 2.75) is 51.0 Å². The van der Waals surface area contributed by atoms with Crippen LogP contribution in [0.25, 0.3) is 0 Å². The molecule has 0 aromatic heterocycles. The molecule has 120 valence electrons. The zero-order chi connectivity index (χ0) is 14.9. The van der Waals surface area contributed by atoms with Gasteiger partial charge in [-0.2, -0.15) is 0 Å². The second kappa shape index (κ2) is 8.87. The van der Waals surface area contributed by atoms with Crippen LogP contribution in [0.4, 0.5) is 4.79 Å². The summed E-state index contributed by atoms with van der Waals surface area (Å²) in [6.07, 6.45) is 8.19. The van der Waals surface area contributed by atoms with E-state index in [4.69, 9.17) is 4.74 Å². The predicted molar refractivity (Wildman–Crippen MR) is 80.0 cm³/mol. The summed E-state index contributed by atoms with van der Waals surface area (Å²) in [6.45, 7) is 2.70. The molecule has 6 nitrogen and oxygen atoms in total. The zero-order valence-electron chi connectivity index (χ0n) is 12.7. The monoisotopic (exact) mass is 297 g/mol. The highest BCUT2D eigenvalue weighted by atomic mass is 16.5. The Morgan fingerprint density at radius 3 is 2.76 bits per heavy atom. The van der Waals surface area contributed by atoms with Crippen molar-refractivity contribution in [3.05, 3.63) is 0 Å². The van der Waals surface area contributed by atoms with Crippen LogP contribution < -0.4 is 10.6 Å². The summed E-state index contributed by atoms with van der Waals surface area (Å²) in [7, 11) is 0. The van der Waals surface area contributed by atoms with E-state index in [-0.39, 0.29) is 11.9 Å². The molecule has 3 amide bonds. The van der Waals surface area contributed by atoms with Gasteiger partial charge < -0.3 is 20.3 Å². The van der Waals surface area contributed by atoms with Crippen LogP contribution in [0.1, 0.15) is 44.9 Å². The van der Waals surface area contributed by atoms with Crippen LogP contribution in [-0.4, -0.2) is 55.7 Å². The first kappa shape index (κ1) is 16.1. The molecule has 0 bridgehead atoms. The SMILES string of the molecule is O=C1CCN(C(=O)NCCOC2CCCCCC2)CCN1. The van der Waals surface area contributed by atoms with Crippen LogP contribution in [0.5, 0.6) is 0 Å². The number of urea groups is 1. The van der Waals surface area contributed by atoms with E-state index >= 15 is 0 Å². The van der Waals surface area contributed by atoms with Crippen molar-refractivity contribution in [2.24, 2.45) is 0 Å². The lowest BCUT2D eigenvalue weighted by Gasteiger charge is -2.21. The van der Waals surface area contributed by atoms with Crippen molar-refractivity contribution in [1.29, 1.82) is 0 Å². The highest BCUT2D eigenvalue weighted by Crippen LogP contribution is 2.19. The minimum atomic E-state index is -0.101. The number of carbonyl (C=O) groups is 2. The van der Waals surface area contributed by atoms with Crippen molar-refractivity contribution >= 4 is 11.9 Å². The van der Waals surface area contributed by atoms with Gasteiger partial charge in [-0.15, -0.1) is 0 Å². The summed E-state index contributed by atoms with van der Waals surface area (Å²) in [6, 6.07) is -0.101. The van der Waals surface area contributed by atoms with Crippen LogP contribution in [0.2, 0.25) is 0 Å². The third-order valence-corrected chi connectivity index (χ3v) is 4.13. The second-order valence-electron chi connectivity index (χ2n) is 5.80. The highest BCUT2D eigenvalue weighted by molar-refractivity contribution is 5.79. The molecule has 0 radical (unpaired) electrons. The molecule has 6 heteroatoms. The minimum absolute atomic E-state index is 0.0157. The normalized spacial score (nSPS) is 21.3. The van der Waals surface area contributed by atoms with Gasteiger partial charge >= 0.3 is 6.03 Å². The lowest BCUT2D eigenvalue weighted by atomic mass is 10.1. The molecule has 1 aliphatic carbocycles. The van der Waals surface area contributed by atoms with Gasteiger partial charge in [0.2, 0.25) is 5.91 Å². The molecule has 0 aromatic rings. The van der Waals surface area contributed by atoms with Gasteiger partial charge in [-0.1, -0.05) is 25.7 Å². The van der Waals surface area contributed by atoms with E-state index < -0.39 is 0 Å². The lowest BCUT2D eigenvalue weighted by Crippen LogP contribution is -2.43. The molecule has 0 aromatic carbocycles. The highest BCUT2D eigenvalue weighted by Gasteiger charge is 2.18. The van der Waals surface area contributed by atoms with Crippen LogP contribution in [-0.2, 0) is 9.53 Å². The smallest absolute Gasteiger partial charge is 0.317 e. The summed E-state index contributed by atoms with van der Waals surface area (Å²) in [5, 5.41) is 5.63. The van der Waals surface area contributed by atoms with Crippen LogP contribution in [0.3, 0.4) is 0 Å². The second-order valence-corrected chi connectivity index (χ2v) is 5.80. The standard InChI is InChI=1S/C15H27N3O3/c19-14-7-10-18(11-8-16-14)15(20)17-9-12-21-13-5-3-1-2-4-6-13/h13H,1-12H2,(H,16,19)(H,17,20). The van der Waals surface area contributed by atoms with Gasteiger partial charge in [-0.05, 0) is 12.8 Å². The lowest BCUT2D eigenvalue weighted by molar-refractivity contribution is -0.120. The van der Waals surface area contributed by atoms with Crippen LogP contribution in [0.15, 0.2) is 0 Å². The van der Waals surface area contributed by atoms with E-state index in [9.17, 15) is 9.59 Å². The number of nitrogens with one attached hydrogen (secondary N) is 2. The minimum Gasteiger partial charge on any atom is -0.376 e. The van der Waals surface area contributed by atoms with Gasteiger partial charge in [-0.25, -0.2) is 4.79 Å². The average molecular weight is 297 g/mol. The maximum absolute atomic E-state index is 12.0. The van der Waals surface area contributed by atoms with E-state index in [1.807, 2.05) is 0 Å². The van der Waals surface area contributed by atoms with E-state index in [1.165, 1.54) is 25.7 Å². The first-order chi connectivity index (χ1) is 10.3. The molecule has 1 aliphatic heterocycles. The number of amides is 3. The van der Waals surface area contributed by atoms with Gasteiger partial charge in [0.25, 0.3) is 0 Å². The Balaban J connectivity index is 1.59. The Morgan fingerprint density at radius 2 is 2.00 bits per heavy atom. The molecule has 2 N–H and O–H groups in total. The molecule has 1 saturated heterocycles. The Labute approximate surface area is 126 Å². The average Bonchev–Trinajstić information content (AvgIpc) is 2.86. The molecule has 0 spiro atoms. The molecule has 2 fully saturated rings. The number of rotatable bonds is 4. The predicted octanol–water partition coefficient (Wildman–Crippen LogP) is 1.26. The van der Waals surface area contributed by atoms with Gasteiger partial charge in [0.05, 0.1) is 12.7 Å². The number of nitrogens with zero attached hydrogens (tertiary/aromatic N) is 1. The van der Waals surface area contributed by atoms with Crippen molar-refractivity contribution < 1.29 is 14.3 Å². The van der Waals surface area contributed by atoms with E-state index in [2.05, 4.69) is 10.6 Å². The molecule has 1 heterocycles. The fourth-order valence-corrected chi connectivity index (χ4v) is 2.87. The molecule has 1 saturated carbocycles. The molecule has 2 rings (SSSR count). The Bertz CT molecular complexity index is 341. The Hall–Kier alpha value is -1.30. The fraction of sp³-hybridized carbons (Fsp3) is 0.867. The summed E-state index contributed by atoms with van der Waals surface area (Å²) in [5.41, 5.74) is 0. The van der Waals surface area contributed by atoms with Gasteiger partial charge in [0.1, 0.15) is 0 Å². The first-order valence-electron chi connectivity index (χ1n) is 8.17. The summed E-state index contributed by atoms with van der Waals surface area (Å²) in [4.78, 5) is 24.9. The van der Waals surface area contributed by atoms with Crippen molar-refractivity contribution in [3.63, 3.8) is 0 Å². The summed E-state index contributed by atoms with van der Waals surface area (Å²) < 4.78 is 5.84. The maximum Gasteiger partial charge on any atom is 0.317 e. The summed E-state index contributed by atoms with van der Waals surface area (Å²) >= 11 is 0. The van der Waals surface area contributed by atoms with E-state index in [0.717, 1.165) is 12.8 Å². The molecule has 2 aliphatic rings. The van der Waals surface area contributed by atoms with Crippen molar-refractivity contribution in [1.82, 2.24) is 15.5 Å². The topological polar surface area (TPSA) is 70.7 Å². The Morgan fingerprint density at radius 1 is 1.24 bits per heavy atom. The first-order valence-corrected chi connectivity index (χ1v) is 8.17. The number of carbonyl (C=O) groups excluding carboxylic acids is 2. The van der Waals surface area contributed by atoms with Crippen LogP contribution >= 0.6 is 0 Å². The molecular formula is C15H27N3O3. The van der Waals surface area contributed by atoms with Crippen molar-refractivity contribution in [2.75, 3.05) is 32.8 Å². The third kappa shape index (κ3) is 5.91. The molecule has 21 heavy (non-hydrogen) atoms. The quantitative estimate of drug-likeness (QED) is 0.606. The third-order valence-electron chi connectivity index (χ3n) is 4.13. The number of hydrogen-bond acceptors (Lipinski definition) is 3. The van der Waals surface area contributed by atoms with Gasteiger partial charge in [0, 0.05) is 32.6 Å². The molecule has 0 unspecified atom stereocenters. The number of hydrogen-bond donors (Lipinski definition) is 2. The van der Waals surface area contributed by atoms with E-state index in [0.29, 0.717) is 45.3 Å². The largest absolute Gasteiger partial charge is 0.376 e. The van der Waals surface area contributed by atoms with Gasteiger partial charge in [-0.3, -0.25) is 4.79 Å². The molecular weight excluding hydrogens is 270 g/mol. The maximum atomic E-state index is 12.0. The van der Waals surface area contributed by atoms with E-state index in [1.54, 1.807) is 4.90 Å². The number of ether oxygens (including phenoxy) is 1. The molecule has 0 atom stereocenters. The van der Waals surface area contributed by atoms with Gasteiger partial charge in [0.15, 0.2) is 0 Å². The Kier molecular flexibility index (Phi) is 6.79. The van der Waals surface area contributed by atoms with Crippen LogP contribution in [0, 0.1) is 0 Å². The fourth-order valence-electron chi connectivity index (χ4n) is 2.87. The zero-order valence-corrected chi connectivity index (χ0v) is 12.7. The van der Waals surface area contributed by atoms with Crippen molar-refractivity contribution in [3.8, 4) is 0 Å². The summed E-state index contributed by atoms with van der Waals surface area (Å²) in [5.74, 6) is 0.0157.